The lowest BCUT2D eigenvalue weighted by Crippen LogP contribution is -2.31. The standard InChI is InChI=1S/C13H18N2OS/c1-15(12-6-7-16-9-12)8-10-2-4-11(5-3-10)13(14)17/h2-5,12H,6-9H2,1H3,(H2,14,17). The number of thiocarbonyl (C=S) groups is 1. The van der Waals surface area contributed by atoms with Crippen molar-refractivity contribution < 1.29 is 4.74 Å². The Kier molecular flexibility index (Phi) is 4.10. The van der Waals surface area contributed by atoms with E-state index < -0.39 is 0 Å². The number of hydrogen-bond acceptors (Lipinski definition) is 3. The molecule has 1 fully saturated rings. The van der Waals surface area contributed by atoms with Crippen LogP contribution in [0.1, 0.15) is 17.5 Å². The SMILES string of the molecule is CN(Cc1ccc(C(N)=S)cc1)C1CCOC1. The smallest absolute Gasteiger partial charge is 0.103 e. The summed E-state index contributed by atoms with van der Waals surface area (Å²) in [7, 11) is 2.14. The minimum atomic E-state index is 0.453. The highest BCUT2D eigenvalue weighted by atomic mass is 32.1. The minimum absolute atomic E-state index is 0.453. The molecule has 1 saturated heterocycles. The first-order valence-electron chi connectivity index (χ1n) is 5.83. The summed E-state index contributed by atoms with van der Waals surface area (Å²) >= 11 is 4.93. The number of likely N-dealkylation sites (N-methyl/N-ethyl adjacent to an activating group) is 1. The van der Waals surface area contributed by atoms with Gasteiger partial charge >= 0.3 is 0 Å². The number of nitrogens with two attached hydrogens (primary N) is 1. The topological polar surface area (TPSA) is 38.5 Å². The second kappa shape index (κ2) is 5.58. The summed E-state index contributed by atoms with van der Waals surface area (Å²) in [4.78, 5) is 2.79. The van der Waals surface area contributed by atoms with Gasteiger partial charge in [-0.1, -0.05) is 36.5 Å². The Labute approximate surface area is 108 Å². The molecule has 1 aromatic carbocycles. The second-order valence-corrected chi connectivity index (χ2v) is 4.93. The third-order valence-corrected chi connectivity index (χ3v) is 3.44. The molecule has 0 aromatic heterocycles. The van der Waals surface area contributed by atoms with Gasteiger partial charge < -0.3 is 10.5 Å². The van der Waals surface area contributed by atoms with E-state index in [1.165, 1.54) is 5.56 Å². The first-order valence-corrected chi connectivity index (χ1v) is 6.24. The van der Waals surface area contributed by atoms with E-state index in [0.29, 0.717) is 11.0 Å². The van der Waals surface area contributed by atoms with Crippen LogP contribution in [0.2, 0.25) is 0 Å². The third-order valence-electron chi connectivity index (χ3n) is 3.20. The molecule has 1 heterocycles. The molecule has 0 radical (unpaired) electrons. The van der Waals surface area contributed by atoms with Crippen molar-refractivity contribution in [3.8, 4) is 0 Å². The Hall–Kier alpha value is -0.970. The lowest BCUT2D eigenvalue weighted by atomic mass is 10.1. The molecule has 1 atom stereocenters. The molecular weight excluding hydrogens is 232 g/mol. The van der Waals surface area contributed by atoms with Gasteiger partial charge in [-0.3, -0.25) is 4.90 Å². The predicted octanol–water partition coefficient (Wildman–Crippen LogP) is 1.54. The van der Waals surface area contributed by atoms with Gasteiger partial charge in [0.25, 0.3) is 0 Å². The number of hydrogen-bond donors (Lipinski definition) is 1. The molecule has 1 unspecified atom stereocenters. The van der Waals surface area contributed by atoms with E-state index in [-0.39, 0.29) is 0 Å². The van der Waals surface area contributed by atoms with E-state index in [2.05, 4.69) is 24.1 Å². The zero-order chi connectivity index (χ0) is 12.3. The van der Waals surface area contributed by atoms with Crippen LogP contribution in [0.15, 0.2) is 24.3 Å². The highest BCUT2D eigenvalue weighted by Crippen LogP contribution is 2.14. The summed E-state index contributed by atoms with van der Waals surface area (Å²) in [5.74, 6) is 0. The molecule has 0 amide bonds. The fourth-order valence-electron chi connectivity index (χ4n) is 2.06. The first kappa shape index (κ1) is 12.5. The maximum absolute atomic E-state index is 5.57. The molecule has 0 aliphatic carbocycles. The number of rotatable bonds is 4. The molecule has 1 aliphatic rings. The van der Waals surface area contributed by atoms with Crippen LogP contribution in [-0.4, -0.2) is 36.2 Å². The quantitative estimate of drug-likeness (QED) is 0.823. The fourth-order valence-corrected chi connectivity index (χ4v) is 2.20. The van der Waals surface area contributed by atoms with Crippen LogP contribution in [0.25, 0.3) is 0 Å². The van der Waals surface area contributed by atoms with Crippen LogP contribution in [0.3, 0.4) is 0 Å². The monoisotopic (exact) mass is 250 g/mol. The molecule has 4 heteroatoms. The van der Waals surface area contributed by atoms with Gasteiger partial charge in [0.1, 0.15) is 4.99 Å². The number of benzene rings is 1. The molecule has 0 spiro atoms. The zero-order valence-corrected chi connectivity index (χ0v) is 10.9. The average molecular weight is 250 g/mol. The first-order chi connectivity index (χ1) is 8.16. The van der Waals surface area contributed by atoms with Crippen molar-refractivity contribution in [1.82, 2.24) is 4.90 Å². The van der Waals surface area contributed by atoms with E-state index in [1.54, 1.807) is 0 Å². The average Bonchev–Trinajstić information content (AvgIpc) is 2.83. The van der Waals surface area contributed by atoms with Gasteiger partial charge in [-0.25, -0.2) is 0 Å². The van der Waals surface area contributed by atoms with Crippen molar-refractivity contribution in [1.29, 1.82) is 0 Å². The Balaban J connectivity index is 1.96. The second-order valence-electron chi connectivity index (χ2n) is 4.49. The van der Waals surface area contributed by atoms with E-state index in [4.69, 9.17) is 22.7 Å². The Morgan fingerprint density at radius 2 is 2.18 bits per heavy atom. The van der Waals surface area contributed by atoms with Gasteiger partial charge in [-0.05, 0) is 19.0 Å². The minimum Gasteiger partial charge on any atom is -0.389 e. The molecule has 3 nitrogen and oxygen atoms in total. The van der Waals surface area contributed by atoms with Gasteiger partial charge in [0.15, 0.2) is 0 Å². The van der Waals surface area contributed by atoms with Crippen molar-refractivity contribution in [3.05, 3.63) is 35.4 Å². The van der Waals surface area contributed by atoms with Gasteiger partial charge in [-0.15, -0.1) is 0 Å². The lowest BCUT2D eigenvalue weighted by Gasteiger charge is -2.22. The van der Waals surface area contributed by atoms with Gasteiger partial charge in [-0.2, -0.15) is 0 Å². The summed E-state index contributed by atoms with van der Waals surface area (Å²) in [5, 5.41) is 0. The van der Waals surface area contributed by atoms with Crippen LogP contribution in [0.4, 0.5) is 0 Å². The molecule has 17 heavy (non-hydrogen) atoms. The summed E-state index contributed by atoms with van der Waals surface area (Å²) in [5.41, 5.74) is 7.77. The third kappa shape index (κ3) is 3.25. The summed E-state index contributed by atoms with van der Waals surface area (Å²) in [6, 6.07) is 8.68. The van der Waals surface area contributed by atoms with E-state index in [0.717, 1.165) is 31.7 Å². The van der Waals surface area contributed by atoms with E-state index in [9.17, 15) is 0 Å². The maximum atomic E-state index is 5.57. The number of ether oxygens (including phenoxy) is 1. The molecule has 1 aliphatic heterocycles. The maximum Gasteiger partial charge on any atom is 0.103 e. The summed E-state index contributed by atoms with van der Waals surface area (Å²) < 4.78 is 5.39. The van der Waals surface area contributed by atoms with Crippen LogP contribution >= 0.6 is 12.2 Å². The molecule has 2 rings (SSSR count). The fraction of sp³-hybridized carbons (Fsp3) is 0.462. The number of nitrogens with zero attached hydrogens (tertiary/aromatic N) is 1. The van der Waals surface area contributed by atoms with Crippen LogP contribution in [-0.2, 0) is 11.3 Å². The highest BCUT2D eigenvalue weighted by molar-refractivity contribution is 7.80. The van der Waals surface area contributed by atoms with Crippen molar-refractivity contribution in [3.63, 3.8) is 0 Å². The van der Waals surface area contributed by atoms with Crippen LogP contribution in [0, 0.1) is 0 Å². The molecule has 0 bridgehead atoms. The van der Waals surface area contributed by atoms with Crippen molar-refractivity contribution in [2.24, 2.45) is 5.73 Å². The Morgan fingerprint density at radius 1 is 1.47 bits per heavy atom. The largest absolute Gasteiger partial charge is 0.389 e. The van der Waals surface area contributed by atoms with E-state index >= 15 is 0 Å². The normalized spacial score (nSPS) is 19.8. The van der Waals surface area contributed by atoms with Gasteiger partial charge in [0, 0.05) is 24.8 Å². The van der Waals surface area contributed by atoms with Crippen LogP contribution < -0.4 is 5.73 Å². The summed E-state index contributed by atoms with van der Waals surface area (Å²) in [6.07, 6.45) is 1.13. The predicted molar refractivity (Wildman–Crippen MR) is 73.0 cm³/mol. The zero-order valence-electron chi connectivity index (χ0n) is 10.1. The van der Waals surface area contributed by atoms with Crippen LogP contribution in [0.5, 0.6) is 0 Å². The molecule has 2 N–H and O–H groups in total. The van der Waals surface area contributed by atoms with Crippen molar-refractivity contribution in [2.45, 2.75) is 19.0 Å². The van der Waals surface area contributed by atoms with E-state index in [1.807, 2.05) is 12.1 Å². The van der Waals surface area contributed by atoms with Gasteiger partial charge in [0.05, 0.1) is 6.61 Å². The highest BCUT2D eigenvalue weighted by Gasteiger charge is 2.19. The molecule has 92 valence electrons. The summed E-state index contributed by atoms with van der Waals surface area (Å²) in [6.45, 7) is 2.67. The van der Waals surface area contributed by atoms with Crippen molar-refractivity contribution >= 4 is 17.2 Å². The van der Waals surface area contributed by atoms with Crippen molar-refractivity contribution in [2.75, 3.05) is 20.3 Å². The Bertz CT molecular complexity index is 385. The molecular formula is C13H18N2OS. The Morgan fingerprint density at radius 3 is 2.71 bits per heavy atom. The molecule has 1 aromatic rings. The molecule has 0 saturated carbocycles. The van der Waals surface area contributed by atoms with Gasteiger partial charge in [0.2, 0.25) is 0 Å². The lowest BCUT2D eigenvalue weighted by molar-refractivity contribution is 0.156.